The van der Waals surface area contributed by atoms with Gasteiger partial charge < -0.3 is 14.8 Å². The summed E-state index contributed by atoms with van der Waals surface area (Å²) in [6.07, 6.45) is 4.62. The van der Waals surface area contributed by atoms with Crippen LogP contribution in [0.15, 0.2) is 42.7 Å². The Morgan fingerprint density at radius 3 is 2.52 bits per heavy atom. The van der Waals surface area contributed by atoms with Crippen molar-refractivity contribution in [2.24, 2.45) is 0 Å². The Labute approximate surface area is 126 Å². The molecule has 21 heavy (non-hydrogen) atoms. The highest BCUT2D eigenvalue weighted by atomic mass is 16.5. The second-order valence-corrected chi connectivity index (χ2v) is 4.89. The molecule has 2 rings (SSSR count). The van der Waals surface area contributed by atoms with Crippen LogP contribution < -0.4 is 14.8 Å². The standard InChI is InChI=1S/C17H22N2O2/c1-13(19-11-8-14-6-9-18-10-7-14)16-12-15(20-2)4-5-17(16)21-3/h4-7,9-10,12-13,19H,8,11H2,1-3H3. The highest BCUT2D eigenvalue weighted by molar-refractivity contribution is 5.42. The van der Waals surface area contributed by atoms with Gasteiger partial charge in [0.05, 0.1) is 14.2 Å². The Balaban J connectivity index is 1.97. The Morgan fingerprint density at radius 2 is 1.86 bits per heavy atom. The van der Waals surface area contributed by atoms with Gasteiger partial charge in [0.25, 0.3) is 0 Å². The van der Waals surface area contributed by atoms with Crippen LogP contribution in [-0.2, 0) is 6.42 Å². The van der Waals surface area contributed by atoms with Crippen molar-refractivity contribution < 1.29 is 9.47 Å². The Kier molecular flexibility index (Phi) is 5.58. The number of hydrogen-bond donors (Lipinski definition) is 1. The molecule has 4 nitrogen and oxygen atoms in total. The lowest BCUT2D eigenvalue weighted by Gasteiger charge is -2.18. The van der Waals surface area contributed by atoms with Gasteiger partial charge in [-0.2, -0.15) is 0 Å². The third-order valence-corrected chi connectivity index (χ3v) is 3.52. The lowest BCUT2D eigenvalue weighted by Crippen LogP contribution is -2.21. The molecule has 4 heteroatoms. The van der Waals surface area contributed by atoms with Gasteiger partial charge in [-0.25, -0.2) is 0 Å². The number of ether oxygens (including phenoxy) is 2. The van der Waals surface area contributed by atoms with Crippen LogP contribution in [0.5, 0.6) is 11.5 Å². The minimum absolute atomic E-state index is 0.192. The molecule has 1 aromatic heterocycles. The molecule has 1 unspecified atom stereocenters. The number of nitrogens with one attached hydrogen (secondary N) is 1. The largest absolute Gasteiger partial charge is 0.497 e. The highest BCUT2D eigenvalue weighted by Crippen LogP contribution is 2.29. The first-order chi connectivity index (χ1) is 10.2. The van der Waals surface area contributed by atoms with Crippen LogP contribution >= 0.6 is 0 Å². The topological polar surface area (TPSA) is 43.4 Å². The molecule has 0 aliphatic heterocycles. The molecule has 0 bridgehead atoms. The molecule has 0 aliphatic rings. The van der Waals surface area contributed by atoms with Crippen LogP contribution in [0, 0.1) is 0 Å². The fourth-order valence-corrected chi connectivity index (χ4v) is 2.27. The molecule has 1 aromatic carbocycles. The molecular formula is C17H22N2O2. The molecule has 0 fully saturated rings. The molecule has 2 aromatic rings. The summed E-state index contributed by atoms with van der Waals surface area (Å²) in [5, 5.41) is 3.52. The summed E-state index contributed by atoms with van der Waals surface area (Å²) in [6, 6.07) is 10.1. The zero-order chi connectivity index (χ0) is 15.1. The highest BCUT2D eigenvalue weighted by Gasteiger charge is 2.12. The van der Waals surface area contributed by atoms with E-state index in [1.54, 1.807) is 14.2 Å². The summed E-state index contributed by atoms with van der Waals surface area (Å²) in [5.41, 5.74) is 2.38. The van der Waals surface area contributed by atoms with Gasteiger partial charge in [0.15, 0.2) is 0 Å². The molecule has 1 N–H and O–H groups in total. The molecule has 112 valence electrons. The summed E-state index contributed by atoms with van der Waals surface area (Å²) in [6.45, 7) is 3.02. The third-order valence-electron chi connectivity index (χ3n) is 3.52. The van der Waals surface area contributed by atoms with Crippen molar-refractivity contribution in [3.8, 4) is 11.5 Å². The Morgan fingerprint density at radius 1 is 1.10 bits per heavy atom. The van der Waals surface area contributed by atoms with E-state index in [9.17, 15) is 0 Å². The smallest absolute Gasteiger partial charge is 0.123 e. The second kappa shape index (κ2) is 7.64. The molecular weight excluding hydrogens is 264 g/mol. The van der Waals surface area contributed by atoms with Gasteiger partial charge in [0, 0.05) is 24.0 Å². The quantitative estimate of drug-likeness (QED) is 0.849. The van der Waals surface area contributed by atoms with E-state index in [0.717, 1.165) is 30.0 Å². The van der Waals surface area contributed by atoms with Crippen molar-refractivity contribution in [1.29, 1.82) is 0 Å². The van der Waals surface area contributed by atoms with Gasteiger partial charge in [0.2, 0.25) is 0 Å². The normalized spacial score (nSPS) is 12.0. The van der Waals surface area contributed by atoms with E-state index in [4.69, 9.17) is 9.47 Å². The average Bonchev–Trinajstić information content (AvgIpc) is 2.55. The SMILES string of the molecule is COc1ccc(OC)c(C(C)NCCc2ccncc2)c1. The summed E-state index contributed by atoms with van der Waals surface area (Å²) in [7, 11) is 3.36. The first-order valence-corrected chi connectivity index (χ1v) is 7.09. The number of pyridine rings is 1. The van der Waals surface area contributed by atoms with Crippen LogP contribution in [0.3, 0.4) is 0 Å². The van der Waals surface area contributed by atoms with Crippen LogP contribution in [0.1, 0.15) is 24.1 Å². The first-order valence-electron chi connectivity index (χ1n) is 7.09. The van der Waals surface area contributed by atoms with Crippen molar-refractivity contribution in [3.63, 3.8) is 0 Å². The molecule has 0 saturated heterocycles. The first kappa shape index (κ1) is 15.3. The van der Waals surface area contributed by atoms with Crippen molar-refractivity contribution in [2.75, 3.05) is 20.8 Å². The number of benzene rings is 1. The van der Waals surface area contributed by atoms with Gasteiger partial charge in [-0.05, 0) is 55.8 Å². The number of rotatable bonds is 7. The van der Waals surface area contributed by atoms with Gasteiger partial charge >= 0.3 is 0 Å². The van der Waals surface area contributed by atoms with Gasteiger partial charge in [-0.15, -0.1) is 0 Å². The molecule has 0 aliphatic carbocycles. The number of hydrogen-bond acceptors (Lipinski definition) is 4. The second-order valence-electron chi connectivity index (χ2n) is 4.89. The maximum atomic E-state index is 5.43. The Hall–Kier alpha value is -2.07. The summed E-state index contributed by atoms with van der Waals surface area (Å²) in [5.74, 6) is 1.72. The summed E-state index contributed by atoms with van der Waals surface area (Å²) < 4.78 is 10.7. The zero-order valence-electron chi connectivity index (χ0n) is 12.8. The van der Waals surface area contributed by atoms with Crippen molar-refractivity contribution in [2.45, 2.75) is 19.4 Å². The predicted molar refractivity (Wildman–Crippen MR) is 83.9 cm³/mol. The van der Waals surface area contributed by atoms with E-state index < -0.39 is 0 Å². The molecule has 1 heterocycles. The van der Waals surface area contributed by atoms with Gasteiger partial charge in [-0.3, -0.25) is 4.98 Å². The molecule has 1 atom stereocenters. The zero-order valence-corrected chi connectivity index (χ0v) is 12.8. The predicted octanol–water partition coefficient (Wildman–Crippen LogP) is 2.99. The fourth-order valence-electron chi connectivity index (χ4n) is 2.27. The molecule has 0 amide bonds. The molecule has 0 radical (unpaired) electrons. The number of methoxy groups -OCH3 is 2. The van der Waals surface area contributed by atoms with E-state index in [-0.39, 0.29) is 6.04 Å². The van der Waals surface area contributed by atoms with Crippen LogP contribution in [0.2, 0.25) is 0 Å². The summed E-state index contributed by atoms with van der Waals surface area (Å²) >= 11 is 0. The maximum Gasteiger partial charge on any atom is 0.123 e. The van der Waals surface area contributed by atoms with E-state index in [0.29, 0.717) is 0 Å². The van der Waals surface area contributed by atoms with Crippen LogP contribution in [-0.4, -0.2) is 25.7 Å². The van der Waals surface area contributed by atoms with Crippen molar-refractivity contribution >= 4 is 0 Å². The number of aromatic nitrogens is 1. The van der Waals surface area contributed by atoms with E-state index in [1.807, 2.05) is 42.7 Å². The lowest BCUT2D eigenvalue weighted by atomic mass is 10.1. The lowest BCUT2D eigenvalue weighted by molar-refractivity contribution is 0.392. The average molecular weight is 286 g/mol. The number of nitrogens with zero attached hydrogens (tertiary/aromatic N) is 1. The van der Waals surface area contributed by atoms with Crippen LogP contribution in [0.25, 0.3) is 0 Å². The maximum absolute atomic E-state index is 5.43. The fraction of sp³-hybridized carbons (Fsp3) is 0.353. The van der Waals surface area contributed by atoms with Gasteiger partial charge in [0.1, 0.15) is 11.5 Å². The Bertz CT molecular complexity index is 558. The van der Waals surface area contributed by atoms with Gasteiger partial charge in [-0.1, -0.05) is 0 Å². The van der Waals surface area contributed by atoms with E-state index >= 15 is 0 Å². The van der Waals surface area contributed by atoms with Crippen LogP contribution in [0.4, 0.5) is 0 Å². The van der Waals surface area contributed by atoms with E-state index in [2.05, 4.69) is 17.2 Å². The molecule has 0 saturated carbocycles. The monoisotopic (exact) mass is 286 g/mol. The van der Waals surface area contributed by atoms with E-state index in [1.165, 1.54) is 5.56 Å². The van der Waals surface area contributed by atoms with Crippen molar-refractivity contribution in [3.05, 3.63) is 53.9 Å². The van der Waals surface area contributed by atoms with Crippen molar-refractivity contribution in [1.82, 2.24) is 10.3 Å². The minimum Gasteiger partial charge on any atom is -0.497 e. The minimum atomic E-state index is 0.192. The summed E-state index contributed by atoms with van der Waals surface area (Å²) in [4.78, 5) is 4.03. The molecule has 0 spiro atoms. The third kappa shape index (κ3) is 4.20.